The second-order valence-electron chi connectivity index (χ2n) is 4.18. The van der Waals surface area contributed by atoms with Crippen LogP contribution in [0.1, 0.15) is 12.0 Å². The molecule has 0 saturated carbocycles. The number of likely N-dealkylation sites (N-methyl/N-ethyl adjacent to an activating group) is 1. The van der Waals surface area contributed by atoms with Gasteiger partial charge in [0.15, 0.2) is 6.61 Å². The van der Waals surface area contributed by atoms with Gasteiger partial charge in [-0.15, -0.1) is 0 Å². The number of nitrogens with zero attached hydrogens (tertiary/aromatic N) is 1. The van der Waals surface area contributed by atoms with Crippen LogP contribution >= 0.6 is 15.9 Å². The van der Waals surface area contributed by atoms with E-state index in [0.717, 1.165) is 10.0 Å². The van der Waals surface area contributed by atoms with Crippen molar-refractivity contribution in [2.24, 2.45) is 0 Å². The molecule has 19 heavy (non-hydrogen) atoms. The summed E-state index contributed by atoms with van der Waals surface area (Å²) in [6.45, 7) is 2.02. The highest BCUT2D eigenvalue weighted by Gasteiger charge is 2.11. The van der Waals surface area contributed by atoms with Crippen LogP contribution in [0.3, 0.4) is 0 Å². The zero-order chi connectivity index (χ0) is 14.4. The molecule has 1 aromatic carbocycles. The number of aliphatic carboxylic acids is 1. The van der Waals surface area contributed by atoms with Crippen molar-refractivity contribution in [3.8, 4) is 5.75 Å². The van der Waals surface area contributed by atoms with Crippen LogP contribution in [-0.4, -0.2) is 42.1 Å². The fourth-order valence-electron chi connectivity index (χ4n) is 1.36. The third-order valence-electron chi connectivity index (χ3n) is 2.53. The number of hydrogen-bond acceptors (Lipinski definition) is 3. The summed E-state index contributed by atoms with van der Waals surface area (Å²) in [5.41, 5.74) is 1.09. The Morgan fingerprint density at radius 1 is 1.42 bits per heavy atom. The SMILES string of the molecule is Cc1ccc(OCC(=O)N(C)CCC(=O)O)c(Br)c1. The lowest BCUT2D eigenvalue weighted by Gasteiger charge is -2.16. The van der Waals surface area contributed by atoms with Gasteiger partial charge < -0.3 is 14.7 Å². The van der Waals surface area contributed by atoms with Crippen LogP contribution in [0, 0.1) is 6.92 Å². The number of carbonyl (C=O) groups excluding carboxylic acids is 1. The van der Waals surface area contributed by atoms with Crippen LogP contribution in [0.25, 0.3) is 0 Å². The number of carbonyl (C=O) groups is 2. The number of carboxylic acids is 1. The van der Waals surface area contributed by atoms with Crippen molar-refractivity contribution in [1.29, 1.82) is 0 Å². The summed E-state index contributed by atoms with van der Waals surface area (Å²) in [6, 6.07) is 5.57. The molecule has 0 saturated heterocycles. The van der Waals surface area contributed by atoms with Gasteiger partial charge in [-0.1, -0.05) is 6.07 Å². The van der Waals surface area contributed by atoms with E-state index < -0.39 is 5.97 Å². The number of hydrogen-bond donors (Lipinski definition) is 1. The zero-order valence-corrected chi connectivity index (χ0v) is 12.4. The van der Waals surface area contributed by atoms with Crippen LogP contribution in [0.15, 0.2) is 22.7 Å². The minimum Gasteiger partial charge on any atom is -0.483 e. The van der Waals surface area contributed by atoms with Gasteiger partial charge in [0.25, 0.3) is 5.91 Å². The second-order valence-corrected chi connectivity index (χ2v) is 5.04. The van der Waals surface area contributed by atoms with Crippen molar-refractivity contribution >= 4 is 27.8 Å². The summed E-state index contributed by atoms with van der Waals surface area (Å²) in [6.07, 6.45) is -0.0730. The number of benzene rings is 1. The van der Waals surface area contributed by atoms with Gasteiger partial charge in [-0.3, -0.25) is 9.59 Å². The van der Waals surface area contributed by atoms with E-state index in [4.69, 9.17) is 9.84 Å². The Balaban J connectivity index is 2.47. The Hall–Kier alpha value is -1.56. The van der Waals surface area contributed by atoms with Gasteiger partial charge in [0.2, 0.25) is 0 Å². The molecule has 0 atom stereocenters. The quantitative estimate of drug-likeness (QED) is 0.867. The van der Waals surface area contributed by atoms with Crippen LogP contribution < -0.4 is 4.74 Å². The molecule has 0 heterocycles. The molecule has 0 unspecified atom stereocenters. The Kier molecular flexibility index (Phi) is 5.82. The summed E-state index contributed by atoms with van der Waals surface area (Å²) in [5, 5.41) is 8.54. The summed E-state index contributed by atoms with van der Waals surface area (Å²) >= 11 is 3.36. The van der Waals surface area contributed by atoms with Gasteiger partial charge in [-0.25, -0.2) is 0 Å². The summed E-state index contributed by atoms with van der Waals surface area (Å²) in [7, 11) is 1.55. The number of aryl methyl sites for hydroxylation is 1. The topological polar surface area (TPSA) is 66.8 Å². The van der Waals surface area contributed by atoms with E-state index in [-0.39, 0.29) is 25.5 Å². The Morgan fingerprint density at radius 2 is 2.11 bits per heavy atom. The van der Waals surface area contributed by atoms with E-state index in [0.29, 0.717) is 5.75 Å². The van der Waals surface area contributed by atoms with Gasteiger partial charge in [-0.2, -0.15) is 0 Å². The summed E-state index contributed by atoms with van der Waals surface area (Å²) in [4.78, 5) is 23.5. The second kappa shape index (κ2) is 7.13. The highest BCUT2D eigenvalue weighted by atomic mass is 79.9. The molecule has 0 fully saturated rings. The zero-order valence-electron chi connectivity index (χ0n) is 10.9. The van der Waals surface area contributed by atoms with Crippen LogP contribution in [0.2, 0.25) is 0 Å². The molecule has 104 valence electrons. The molecule has 0 aliphatic rings. The number of halogens is 1. The minimum atomic E-state index is -0.929. The van der Waals surface area contributed by atoms with Gasteiger partial charge in [0.1, 0.15) is 5.75 Å². The van der Waals surface area contributed by atoms with Crippen molar-refractivity contribution in [2.45, 2.75) is 13.3 Å². The van der Waals surface area contributed by atoms with Crippen molar-refractivity contribution in [3.63, 3.8) is 0 Å². The molecule has 0 radical (unpaired) electrons. The lowest BCUT2D eigenvalue weighted by atomic mass is 10.2. The molecule has 1 N–H and O–H groups in total. The molecular formula is C13H16BrNO4. The molecule has 0 aliphatic heterocycles. The molecule has 0 aliphatic carbocycles. The standard InChI is InChI=1S/C13H16BrNO4/c1-9-3-4-11(10(14)7-9)19-8-12(16)15(2)6-5-13(17)18/h3-4,7H,5-6,8H2,1-2H3,(H,17,18). The Labute approximate surface area is 120 Å². The van der Waals surface area contributed by atoms with Crippen LogP contribution in [0.5, 0.6) is 5.75 Å². The molecule has 0 aromatic heterocycles. The van der Waals surface area contributed by atoms with Gasteiger partial charge in [0.05, 0.1) is 10.9 Å². The molecule has 0 spiro atoms. The monoisotopic (exact) mass is 329 g/mol. The highest BCUT2D eigenvalue weighted by Crippen LogP contribution is 2.25. The van der Waals surface area contributed by atoms with E-state index in [1.807, 2.05) is 19.1 Å². The van der Waals surface area contributed by atoms with Crippen molar-refractivity contribution in [1.82, 2.24) is 4.90 Å². The third-order valence-corrected chi connectivity index (χ3v) is 3.15. The average molecular weight is 330 g/mol. The first-order chi connectivity index (χ1) is 8.90. The fourth-order valence-corrected chi connectivity index (χ4v) is 1.97. The van der Waals surface area contributed by atoms with Gasteiger partial charge in [-0.05, 0) is 40.5 Å². The maximum atomic E-state index is 11.7. The third kappa shape index (κ3) is 5.30. The molecule has 1 amide bonds. The molecule has 6 heteroatoms. The minimum absolute atomic E-state index is 0.0730. The summed E-state index contributed by atoms with van der Waals surface area (Å²) < 4.78 is 6.18. The first-order valence-corrected chi connectivity index (χ1v) is 6.54. The van der Waals surface area contributed by atoms with Gasteiger partial charge >= 0.3 is 5.97 Å². The largest absolute Gasteiger partial charge is 0.483 e. The van der Waals surface area contributed by atoms with E-state index in [2.05, 4.69) is 15.9 Å². The normalized spacial score (nSPS) is 10.1. The Bertz CT molecular complexity index is 476. The first kappa shape index (κ1) is 15.5. The number of carboxylic acid groups (broad SMARTS) is 1. The van der Waals surface area contributed by atoms with Crippen molar-refractivity contribution in [3.05, 3.63) is 28.2 Å². The molecule has 0 bridgehead atoms. The molecule has 5 nitrogen and oxygen atoms in total. The summed E-state index contributed by atoms with van der Waals surface area (Å²) in [5.74, 6) is -0.596. The Morgan fingerprint density at radius 3 is 2.68 bits per heavy atom. The van der Waals surface area contributed by atoms with E-state index in [1.165, 1.54) is 4.90 Å². The van der Waals surface area contributed by atoms with Crippen molar-refractivity contribution in [2.75, 3.05) is 20.2 Å². The lowest BCUT2D eigenvalue weighted by molar-refractivity contribution is -0.138. The van der Waals surface area contributed by atoms with Gasteiger partial charge in [0, 0.05) is 13.6 Å². The predicted molar refractivity (Wildman–Crippen MR) is 74.3 cm³/mol. The van der Waals surface area contributed by atoms with Crippen molar-refractivity contribution < 1.29 is 19.4 Å². The maximum absolute atomic E-state index is 11.7. The predicted octanol–water partition coefficient (Wildman–Crippen LogP) is 2.07. The number of rotatable bonds is 6. The molecule has 1 aromatic rings. The van der Waals surface area contributed by atoms with E-state index in [9.17, 15) is 9.59 Å². The van der Waals surface area contributed by atoms with E-state index >= 15 is 0 Å². The average Bonchev–Trinajstić information content (AvgIpc) is 2.34. The fraction of sp³-hybridized carbons (Fsp3) is 0.385. The number of ether oxygens (including phenoxy) is 1. The maximum Gasteiger partial charge on any atom is 0.305 e. The molecule has 1 rings (SSSR count). The number of amides is 1. The highest BCUT2D eigenvalue weighted by molar-refractivity contribution is 9.10. The van der Waals surface area contributed by atoms with E-state index in [1.54, 1.807) is 13.1 Å². The lowest BCUT2D eigenvalue weighted by Crippen LogP contribution is -2.33. The smallest absolute Gasteiger partial charge is 0.305 e. The first-order valence-electron chi connectivity index (χ1n) is 5.75. The van der Waals surface area contributed by atoms with Crippen LogP contribution in [0.4, 0.5) is 0 Å². The van der Waals surface area contributed by atoms with Crippen LogP contribution in [-0.2, 0) is 9.59 Å². The molecular weight excluding hydrogens is 314 g/mol.